The molecule has 3 amide bonds. The number of pyridine rings is 2. The Morgan fingerprint density at radius 2 is 1.75 bits per heavy atom. The van der Waals surface area contributed by atoms with E-state index in [1.165, 1.54) is 0 Å². The van der Waals surface area contributed by atoms with Crippen molar-refractivity contribution in [1.29, 1.82) is 0 Å². The number of hydrogen-bond donors (Lipinski definition) is 1. The first kappa shape index (κ1) is 33.0. The maximum Gasteiger partial charge on any atom is 0.410 e. The summed E-state index contributed by atoms with van der Waals surface area (Å²) in [5, 5.41) is 3.06. The van der Waals surface area contributed by atoms with Gasteiger partial charge in [0.2, 0.25) is 5.88 Å². The van der Waals surface area contributed by atoms with Gasteiger partial charge in [0, 0.05) is 43.8 Å². The van der Waals surface area contributed by atoms with E-state index in [0.29, 0.717) is 62.1 Å². The van der Waals surface area contributed by atoms with Crippen molar-refractivity contribution in [2.45, 2.75) is 71.3 Å². The molecule has 2 aromatic heterocycles. The minimum atomic E-state index is -0.606. The number of benzene rings is 1. The molecule has 0 bridgehead atoms. The van der Waals surface area contributed by atoms with Gasteiger partial charge in [0.05, 0.1) is 17.9 Å². The van der Waals surface area contributed by atoms with Crippen molar-refractivity contribution >= 4 is 18.1 Å². The summed E-state index contributed by atoms with van der Waals surface area (Å²) in [6.07, 6.45) is 2.90. The molecule has 48 heavy (non-hydrogen) atoms. The number of aromatic nitrogens is 2. The van der Waals surface area contributed by atoms with Crippen LogP contribution in [0.15, 0.2) is 60.8 Å². The van der Waals surface area contributed by atoms with Crippen LogP contribution in [-0.4, -0.2) is 88.4 Å². The third kappa shape index (κ3) is 7.64. The van der Waals surface area contributed by atoms with E-state index in [1.807, 2.05) is 64.1 Å². The number of likely N-dealkylation sites (tertiary alicyclic amines) is 2. The van der Waals surface area contributed by atoms with E-state index in [4.69, 9.17) is 23.9 Å². The molecule has 3 aromatic rings. The quantitative estimate of drug-likeness (QED) is 0.319. The van der Waals surface area contributed by atoms with E-state index < -0.39 is 17.6 Å². The monoisotopic (exact) mass is 657 g/mol. The van der Waals surface area contributed by atoms with Crippen LogP contribution < -0.4 is 14.8 Å². The molecular formula is C36H43N5O7. The van der Waals surface area contributed by atoms with Crippen molar-refractivity contribution in [2.75, 3.05) is 32.8 Å². The molecule has 12 nitrogen and oxygen atoms in total. The summed E-state index contributed by atoms with van der Waals surface area (Å²) >= 11 is 0. The molecule has 0 unspecified atom stereocenters. The maximum atomic E-state index is 13.8. The largest absolute Gasteiger partial charge is 0.488 e. The van der Waals surface area contributed by atoms with E-state index in [2.05, 4.69) is 10.3 Å². The molecule has 254 valence electrons. The molecule has 1 aliphatic carbocycles. The first-order valence-corrected chi connectivity index (χ1v) is 16.5. The molecule has 4 heterocycles. The fraction of sp³-hybridized carbons (Fsp3) is 0.472. The summed E-state index contributed by atoms with van der Waals surface area (Å²) < 4.78 is 23.1. The van der Waals surface area contributed by atoms with Crippen molar-refractivity contribution in [3.05, 3.63) is 72.1 Å². The van der Waals surface area contributed by atoms with Gasteiger partial charge >= 0.3 is 12.2 Å². The molecular weight excluding hydrogens is 614 g/mol. The van der Waals surface area contributed by atoms with Gasteiger partial charge in [-0.1, -0.05) is 30.3 Å². The van der Waals surface area contributed by atoms with Gasteiger partial charge in [-0.2, -0.15) is 0 Å². The predicted octanol–water partition coefficient (Wildman–Crippen LogP) is 5.46. The van der Waals surface area contributed by atoms with Crippen LogP contribution in [-0.2, 0) is 16.1 Å². The second-order valence-corrected chi connectivity index (χ2v) is 13.8. The van der Waals surface area contributed by atoms with Crippen LogP contribution in [0.25, 0.3) is 11.3 Å². The zero-order chi connectivity index (χ0) is 33.9. The van der Waals surface area contributed by atoms with Crippen molar-refractivity contribution in [3.8, 4) is 22.9 Å². The van der Waals surface area contributed by atoms with Crippen LogP contribution in [0.3, 0.4) is 0 Å². The zero-order valence-corrected chi connectivity index (χ0v) is 27.9. The van der Waals surface area contributed by atoms with E-state index >= 15 is 0 Å². The number of amides is 3. The van der Waals surface area contributed by atoms with Crippen molar-refractivity contribution in [2.24, 2.45) is 5.41 Å². The molecule has 2 saturated heterocycles. The van der Waals surface area contributed by atoms with E-state index in [-0.39, 0.29) is 36.0 Å². The molecule has 1 N–H and O–H groups in total. The van der Waals surface area contributed by atoms with Gasteiger partial charge < -0.3 is 34.1 Å². The Morgan fingerprint density at radius 3 is 2.48 bits per heavy atom. The molecule has 0 radical (unpaired) electrons. The Balaban J connectivity index is 1.11. The number of nitrogens with zero attached hydrogens (tertiary/aromatic N) is 4. The molecule has 1 atom stereocenters. The summed E-state index contributed by atoms with van der Waals surface area (Å²) in [6, 6.07) is 16.5. The fourth-order valence-corrected chi connectivity index (χ4v) is 6.45. The van der Waals surface area contributed by atoms with Crippen LogP contribution in [0.1, 0.15) is 63.0 Å². The normalized spacial score (nSPS) is 18.5. The second kappa shape index (κ2) is 13.7. The van der Waals surface area contributed by atoms with Crippen LogP contribution in [0.5, 0.6) is 11.6 Å². The second-order valence-electron chi connectivity index (χ2n) is 13.8. The fourth-order valence-electron chi connectivity index (χ4n) is 6.45. The molecule has 2 aliphatic heterocycles. The van der Waals surface area contributed by atoms with E-state index in [0.717, 1.165) is 18.4 Å². The highest BCUT2D eigenvalue weighted by Gasteiger charge is 2.55. The summed E-state index contributed by atoms with van der Waals surface area (Å²) in [7, 11) is 0. The molecule has 3 aliphatic rings. The number of hydrogen-bond acceptors (Lipinski definition) is 9. The third-order valence-corrected chi connectivity index (χ3v) is 8.71. The number of carbonyl (C=O) groups excluding carboxylic acids is 3. The third-order valence-electron chi connectivity index (χ3n) is 8.71. The maximum absolute atomic E-state index is 13.8. The van der Waals surface area contributed by atoms with Gasteiger partial charge in [-0.15, -0.1) is 0 Å². The highest BCUT2D eigenvalue weighted by Crippen LogP contribution is 2.50. The van der Waals surface area contributed by atoms with Gasteiger partial charge in [0.15, 0.2) is 11.4 Å². The van der Waals surface area contributed by atoms with Crippen LogP contribution in [0.4, 0.5) is 9.59 Å². The lowest BCUT2D eigenvalue weighted by molar-refractivity contribution is -0.110. The summed E-state index contributed by atoms with van der Waals surface area (Å²) in [5.74, 6) is 0.405. The number of carbonyl (C=O) groups is 3. The lowest BCUT2D eigenvalue weighted by Crippen LogP contribution is -2.65. The minimum absolute atomic E-state index is 0.0106. The highest BCUT2D eigenvalue weighted by molar-refractivity contribution is 5.96. The number of nitrogens with one attached hydrogen (secondary N) is 1. The summed E-state index contributed by atoms with van der Waals surface area (Å²) in [5.41, 5.74) is 1.67. The molecule has 1 spiro atoms. The van der Waals surface area contributed by atoms with Crippen molar-refractivity contribution in [1.82, 2.24) is 25.1 Å². The highest BCUT2D eigenvalue weighted by atomic mass is 16.6. The van der Waals surface area contributed by atoms with Crippen molar-refractivity contribution < 1.29 is 33.3 Å². The standard InChI is InChI=1S/C36H43N5O7/c1-5-45-32-27(12-9-16-37-32)28-13-14-29(30(39-28)31(42)38-25-15-17-40(20-25)34(44)48-35(2,3)4)47-26-18-36(19-26)22-41(23-36)33(43)46-21-24-10-7-6-8-11-24/h6-14,16,25-26H,5,15,17-23H2,1-4H3,(H,38,42)/t25-/m1/s1. The molecule has 6 rings (SSSR count). The summed E-state index contributed by atoms with van der Waals surface area (Å²) in [6.45, 7) is 10.1. The zero-order valence-electron chi connectivity index (χ0n) is 27.9. The van der Waals surface area contributed by atoms with Gasteiger partial charge in [-0.25, -0.2) is 19.6 Å². The Hall–Kier alpha value is -4.87. The lowest BCUT2D eigenvalue weighted by atomic mass is 9.62. The van der Waals surface area contributed by atoms with E-state index in [9.17, 15) is 14.4 Å². The smallest absolute Gasteiger partial charge is 0.410 e. The molecule has 1 saturated carbocycles. The average Bonchev–Trinajstić information content (AvgIpc) is 3.49. The van der Waals surface area contributed by atoms with Crippen molar-refractivity contribution in [3.63, 3.8) is 0 Å². The first-order valence-electron chi connectivity index (χ1n) is 16.5. The van der Waals surface area contributed by atoms with Gasteiger partial charge in [0.1, 0.15) is 18.3 Å². The number of ether oxygens (including phenoxy) is 4. The molecule has 12 heteroatoms. The minimum Gasteiger partial charge on any atom is -0.488 e. The lowest BCUT2D eigenvalue weighted by Gasteiger charge is -2.57. The first-order chi connectivity index (χ1) is 23.0. The van der Waals surface area contributed by atoms with Gasteiger partial charge in [0.25, 0.3) is 5.91 Å². The average molecular weight is 658 g/mol. The van der Waals surface area contributed by atoms with Crippen LogP contribution in [0.2, 0.25) is 0 Å². The Bertz CT molecular complexity index is 1630. The van der Waals surface area contributed by atoms with Crippen LogP contribution >= 0.6 is 0 Å². The van der Waals surface area contributed by atoms with Gasteiger partial charge in [-0.05, 0) is 76.8 Å². The SMILES string of the molecule is CCOc1ncccc1-c1ccc(OC2CC3(C2)CN(C(=O)OCc2ccccc2)C3)c(C(=O)N[C@@H]2CCN(C(=O)OC(C)(C)C)C2)n1. The summed E-state index contributed by atoms with van der Waals surface area (Å²) in [4.78, 5) is 51.4. The van der Waals surface area contributed by atoms with E-state index in [1.54, 1.807) is 34.2 Å². The Morgan fingerprint density at radius 1 is 0.979 bits per heavy atom. The predicted molar refractivity (Wildman–Crippen MR) is 177 cm³/mol. The Kier molecular flexibility index (Phi) is 9.43. The van der Waals surface area contributed by atoms with Gasteiger partial charge in [-0.3, -0.25) is 4.79 Å². The molecule has 3 fully saturated rings. The number of rotatable bonds is 9. The molecule has 1 aromatic carbocycles. The topological polar surface area (TPSA) is 132 Å². The van der Waals surface area contributed by atoms with Crippen LogP contribution in [0, 0.1) is 5.41 Å². The Labute approximate surface area is 280 Å².